The molecule has 8 bridgehead atoms. The van der Waals surface area contributed by atoms with E-state index in [0.717, 1.165) is 66.0 Å². The first-order chi connectivity index (χ1) is 27.7. The largest absolute Gasteiger partial charge is 0.368 e. The lowest BCUT2D eigenvalue weighted by molar-refractivity contribution is -0.0482. The molecular weight excluding hydrogens is 669 g/mol. The summed E-state index contributed by atoms with van der Waals surface area (Å²) in [7, 11) is 0. The predicted octanol–water partition coefficient (Wildman–Crippen LogP) is 12.5. The van der Waals surface area contributed by atoms with Crippen molar-refractivity contribution >= 4 is 16.6 Å². The number of anilines is 1. The van der Waals surface area contributed by atoms with Gasteiger partial charge in [-0.25, -0.2) is 0 Å². The molecule has 0 radical (unpaired) electrons. The van der Waals surface area contributed by atoms with E-state index in [0.29, 0.717) is 6.04 Å². The van der Waals surface area contributed by atoms with Crippen LogP contribution in [0.5, 0.6) is 0 Å². The summed E-state index contributed by atoms with van der Waals surface area (Å²) in [4.78, 5) is 8.98. The van der Waals surface area contributed by atoms with Gasteiger partial charge in [0.25, 0.3) is 0 Å². The van der Waals surface area contributed by atoms with Crippen molar-refractivity contribution in [3.63, 3.8) is 0 Å². The molecule has 4 unspecified atom stereocenters. The molecule has 0 amide bonds. The molecule has 4 saturated heterocycles. The Bertz CT molecular complexity index is 1710. The summed E-state index contributed by atoms with van der Waals surface area (Å²) in [5.41, 5.74) is 4.59. The second kappa shape index (κ2) is 15.8. The van der Waals surface area contributed by atoms with Crippen molar-refractivity contribution in [2.45, 2.75) is 203 Å². The average molecular weight is 747 g/mol. The van der Waals surface area contributed by atoms with Crippen LogP contribution in [-0.2, 0) is 6.42 Å². The highest BCUT2D eigenvalue weighted by molar-refractivity contribution is 5.80. The van der Waals surface area contributed by atoms with Crippen LogP contribution in [0.1, 0.15) is 163 Å². The SMILES string of the molecule is C.[2H][2H].c1ccc2c(c1)CCN2C1C[C@H]2CCC[C@@H](C1)N2C1C[C@H]2CCC[C@@H](C1)C2.c1ccc2c(c1)ccn2C1C[C@H]2CCC[C@@H](C1)N2C1C[C@H]2CCC[C@@H](C1)C2. The number of nitrogens with zero attached hydrogens (tertiary/aromatic N) is 4. The van der Waals surface area contributed by atoms with E-state index >= 15 is 0 Å². The lowest BCUT2D eigenvalue weighted by Gasteiger charge is -2.56. The predicted molar refractivity (Wildman–Crippen MR) is 233 cm³/mol. The molecule has 9 aliphatic rings. The van der Waals surface area contributed by atoms with E-state index in [1.807, 2.05) is 0 Å². The van der Waals surface area contributed by atoms with Crippen molar-refractivity contribution in [1.29, 1.82) is 0 Å². The highest BCUT2D eigenvalue weighted by Crippen LogP contribution is 2.49. The third-order valence-electron chi connectivity index (χ3n) is 17.4. The van der Waals surface area contributed by atoms with Gasteiger partial charge in [-0.3, -0.25) is 9.80 Å². The highest BCUT2D eigenvalue weighted by Gasteiger charge is 2.47. The second-order valence-corrected chi connectivity index (χ2v) is 20.5. The molecule has 0 spiro atoms. The zero-order valence-corrected chi connectivity index (χ0v) is 33.5. The molecule has 4 saturated carbocycles. The molecule has 55 heavy (non-hydrogen) atoms. The maximum absolute atomic E-state index is 5.00. The quantitative estimate of drug-likeness (QED) is 0.264. The average Bonchev–Trinajstić information content (AvgIpc) is 3.86. The molecule has 12 rings (SSSR count). The summed E-state index contributed by atoms with van der Waals surface area (Å²) in [5.74, 6) is 4.22. The van der Waals surface area contributed by atoms with Crippen LogP contribution in [0.3, 0.4) is 0 Å². The summed E-state index contributed by atoms with van der Waals surface area (Å²) in [6, 6.07) is 27.2. The molecule has 4 aliphatic carbocycles. The topological polar surface area (TPSA) is 14.7 Å². The summed E-state index contributed by atoms with van der Waals surface area (Å²) in [5, 5.41) is 1.41. The minimum absolute atomic E-state index is 0. The van der Waals surface area contributed by atoms with E-state index < -0.39 is 0 Å². The van der Waals surface area contributed by atoms with Crippen LogP contribution in [0.4, 0.5) is 5.69 Å². The molecule has 6 heterocycles. The van der Waals surface area contributed by atoms with Crippen LogP contribution in [0.2, 0.25) is 0 Å². The number of rotatable bonds is 4. The molecule has 0 N–H and O–H groups in total. The fraction of sp³-hybridized carbons (Fsp3) is 0.725. The van der Waals surface area contributed by atoms with E-state index in [4.69, 9.17) is 2.97 Å². The Morgan fingerprint density at radius 2 is 0.945 bits per heavy atom. The molecule has 1 aromatic heterocycles. The van der Waals surface area contributed by atoms with Gasteiger partial charge in [-0.15, -0.1) is 0 Å². The van der Waals surface area contributed by atoms with Crippen molar-refractivity contribution in [2.24, 2.45) is 23.7 Å². The smallest absolute Gasteiger partial charge is 0.0482 e. The number of aromatic nitrogens is 1. The van der Waals surface area contributed by atoms with E-state index in [1.54, 1.807) is 24.1 Å². The van der Waals surface area contributed by atoms with Gasteiger partial charge in [0.2, 0.25) is 0 Å². The van der Waals surface area contributed by atoms with Gasteiger partial charge in [-0.2, -0.15) is 0 Å². The van der Waals surface area contributed by atoms with E-state index in [9.17, 15) is 0 Å². The van der Waals surface area contributed by atoms with Crippen molar-refractivity contribution in [2.75, 3.05) is 11.4 Å². The van der Waals surface area contributed by atoms with E-state index in [2.05, 4.69) is 80.1 Å². The van der Waals surface area contributed by atoms with E-state index in [1.165, 1.54) is 152 Å². The van der Waals surface area contributed by atoms with Crippen molar-refractivity contribution < 1.29 is 2.97 Å². The first-order valence-electron chi connectivity index (χ1n) is 24.6. The van der Waals surface area contributed by atoms with Crippen molar-refractivity contribution in [3.8, 4) is 0 Å². The molecular formula is C51H76N4. The number of para-hydroxylation sites is 2. The Morgan fingerprint density at radius 1 is 0.455 bits per heavy atom. The van der Waals surface area contributed by atoms with Crippen molar-refractivity contribution in [1.82, 2.24) is 14.4 Å². The Kier molecular flexibility index (Phi) is 10.3. The van der Waals surface area contributed by atoms with Gasteiger partial charge in [-0.1, -0.05) is 95.2 Å². The maximum atomic E-state index is 5.00. The minimum atomic E-state index is 0. The van der Waals surface area contributed by atoms with Crippen LogP contribution in [0.15, 0.2) is 60.8 Å². The maximum Gasteiger partial charge on any atom is 0.0482 e. The van der Waals surface area contributed by atoms with Gasteiger partial charge in [0.15, 0.2) is 0 Å². The second-order valence-electron chi connectivity index (χ2n) is 20.5. The van der Waals surface area contributed by atoms with Gasteiger partial charge in [0, 0.05) is 75.3 Å². The molecule has 2 aromatic carbocycles. The Hall–Kier alpha value is -2.30. The zero-order valence-electron chi connectivity index (χ0n) is 35.5. The Labute approximate surface area is 337 Å². The number of fused-ring (bicyclic) bond motifs is 10. The normalized spacial score (nSPS) is 39.9. The van der Waals surface area contributed by atoms with Gasteiger partial charge in [0.05, 0.1) is 0 Å². The molecule has 5 aliphatic heterocycles. The number of hydrogen-bond acceptors (Lipinski definition) is 3. The molecule has 3 aromatic rings. The molecule has 4 heteroatoms. The summed E-state index contributed by atoms with van der Waals surface area (Å²) in [6.07, 6.45) is 36.3. The third kappa shape index (κ3) is 7.14. The summed E-state index contributed by atoms with van der Waals surface area (Å²) < 4.78 is 12.6. The van der Waals surface area contributed by atoms with Crippen LogP contribution >= 0.6 is 0 Å². The lowest BCUT2D eigenvalue weighted by Crippen LogP contribution is -2.61. The molecule has 12 atom stereocenters. The van der Waals surface area contributed by atoms with Crippen LogP contribution < -0.4 is 4.90 Å². The van der Waals surface area contributed by atoms with Crippen LogP contribution in [0, 0.1) is 23.7 Å². The highest BCUT2D eigenvalue weighted by atomic mass is 15.3. The number of hydrogen-bond donors (Lipinski definition) is 0. The first kappa shape index (κ1) is 35.8. The monoisotopic (exact) mass is 747 g/mol. The molecule has 4 nitrogen and oxygen atoms in total. The number of benzene rings is 2. The first-order valence-corrected chi connectivity index (χ1v) is 23.6. The van der Waals surface area contributed by atoms with Gasteiger partial charge in [0.1, 0.15) is 0 Å². The molecule has 300 valence electrons. The Morgan fingerprint density at radius 3 is 1.53 bits per heavy atom. The fourth-order valence-electron chi connectivity index (χ4n) is 15.5. The fourth-order valence-corrected chi connectivity index (χ4v) is 15.5. The van der Waals surface area contributed by atoms with Crippen molar-refractivity contribution in [3.05, 3.63) is 66.4 Å². The van der Waals surface area contributed by atoms with Crippen LogP contribution in [0.25, 0.3) is 10.9 Å². The zero-order chi connectivity index (χ0) is 37.6. The summed E-state index contributed by atoms with van der Waals surface area (Å²) in [6.45, 7) is 1.26. The minimum Gasteiger partial charge on any atom is -0.368 e. The Balaban J connectivity index is 0.000000140. The summed E-state index contributed by atoms with van der Waals surface area (Å²) >= 11 is 0. The third-order valence-corrected chi connectivity index (χ3v) is 17.4. The van der Waals surface area contributed by atoms with Gasteiger partial charge in [-0.05, 0) is 149 Å². The van der Waals surface area contributed by atoms with E-state index in [-0.39, 0.29) is 7.43 Å². The molecule has 8 fully saturated rings. The standard InChI is InChI=1S/C25H36N2.C25H34N2.CH4.H2/c2*1-2-10-25-20(7-1)11-12-26(25)23-16-21-8-4-9-22(17-23)27(21)24-14-18-5-3-6-19(13-18)15-24;;/h1-2,7,10,18-19,21-24H,3-6,8-9,11-17H2;1-2,7,10-12,18-19,21-24H,3-6,8-9,13-17H2;1H4;1H/t2*18-,19+,21-,22+,23?,24?;;/i;;;1+1D. The number of piperidine rings is 4. The van der Waals surface area contributed by atoms with Gasteiger partial charge < -0.3 is 9.47 Å². The van der Waals surface area contributed by atoms with Crippen LogP contribution in [-0.4, -0.2) is 63.2 Å². The van der Waals surface area contributed by atoms with Gasteiger partial charge >= 0.3 is 0 Å². The lowest BCUT2D eigenvalue weighted by atomic mass is 9.68.